The van der Waals surface area contributed by atoms with Gasteiger partial charge in [0, 0.05) is 45.6 Å². The Morgan fingerprint density at radius 2 is 1.96 bits per heavy atom. The molecule has 2 heterocycles. The fourth-order valence-electron chi connectivity index (χ4n) is 2.72. The number of likely N-dealkylation sites (tertiary alicyclic amines) is 1. The Bertz CT molecular complexity index is 426. The molecule has 2 rings (SSSR count). The molecule has 1 fully saturated rings. The van der Waals surface area contributed by atoms with Crippen LogP contribution in [0.25, 0.3) is 0 Å². The van der Waals surface area contributed by atoms with Crippen LogP contribution >= 0.6 is 24.0 Å². The summed E-state index contributed by atoms with van der Waals surface area (Å²) in [6.07, 6.45) is 7.51. The van der Waals surface area contributed by atoms with E-state index in [-0.39, 0.29) is 24.0 Å². The Hall–Kier alpha value is -0.830. The second-order valence-electron chi connectivity index (χ2n) is 6.07. The van der Waals surface area contributed by atoms with Crippen molar-refractivity contribution in [2.24, 2.45) is 10.9 Å². The Balaban J connectivity index is 0.00000264. The van der Waals surface area contributed by atoms with Gasteiger partial charge in [0.15, 0.2) is 5.96 Å². The highest BCUT2D eigenvalue weighted by atomic mass is 127. The van der Waals surface area contributed by atoms with E-state index in [4.69, 9.17) is 0 Å². The zero-order valence-electron chi connectivity index (χ0n) is 14.4. The van der Waals surface area contributed by atoms with Crippen molar-refractivity contribution in [2.45, 2.75) is 32.7 Å². The molecule has 0 unspecified atom stereocenters. The minimum atomic E-state index is 0. The smallest absolute Gasteiger partial charge is 0.191 e. The molecule has 1 saturated heterocycles. The van der Waals surface area contributed by atoms with Crippen molar-refractivity contribution in [2.75, 3.05) is 39.8 Å². The lowest BCUT2D eigenvalue weighted by Crippen LogP contribution is -2.43. The van der Waals surface area contributed by atoms with Crippen molar-refractivity contribution in [3.63, 3.8) is 0 Å². The molecule has 0 spiro atoms. The van der Waals surface area contributed by atoms with E-state index < -0.39 is 0 Å². The van der Waals surface area contributed by atoms with E-state index in [1.165, 1.54) is 25.9 Å². The van der Waals surface area contributed by atoms with Crippen LogP contribution in [0.5, 0.6) is 0 Å². The standard InChI is InChI=1S/C16H30N6.HI/c1-15-5-12-21(13-6-15)14-9-19-16(17-2)18-7-3-10-22-11-4-8-20-22;/h4,8,11,15H,3,5-7,9-10,12-14H2,1-2H3,(H2,17,18,19);1H. The molecule has 0 atom stereocenters. The lowest BCUT2D eigenvalue weighted by Gasteiger charge is -2.30. The summed E-state index contributed by atoms with van der Waals surface area (Å²) in [6, 6.07) is 1.95. The van der Waals surface area contributed by atoms with Gasteiger partial charge in [0.05, 0.1) is 0 Å². The minimum Gasteiger partial charge on any atom is -0.356 e. The Morgan fingerprint density at radius 1 is 1.22 bits per heavy atom. The van der Waals surface area contributed by atoms with Crippen LogP contribution in [0.15, 0.2) is 23.5 Å². The monoisotopic (exact) mass is 434 g/mol. The maximum Gasteiger partial charge on any atom is 0.191 e. The Kier molecular flexibility index (Phi) is 10.3. The highest BCUT2D eigenvalue weighted by Gasteiger charge is 2.14. The molecule has 0 bridgehead atoms. The maximum atomic E-state index is 4.27. The molecule has 1 aromatic heterocycles. The SMILES string of the molecule is CN=C(NCCCn1cccn1)NCCN1CCC(C)CC1.I. The Morgan fingerprint density at radius 3 is 2.61 bits per heavy atom. The summed E-state index contributed by atoms with van der Waals surface area (Å²) in [5, 5.41) is 10.9. The first-order chi connectivity index (χ1) is 10.8. The molecule has 7 heteroatoms. The van der Waals surface area contributed by atoms with Gasteiger partial charge >= 0.3 is 0 Å². The number of rotatable bonds is 7. The van der Waals surface area contributed by atoms with E-state index in [2.05, 4.69) is 32.5 Å². The summed E-state index contributed by atoms with van der Waals surface area (Å²) in [6.45, 7) is 8.71. The number of piperidine rings is 1. The second-order valence-corrected chi connectivity index (χ2v) is 6.07. The molecule has 0 radical (unpaired) electrons. The first-order valence-electron chi connectivity index (χ1n) is 8.42. The van der Waals surface area contributed by atoms with E-state index in [0.29, 0.717) is 0 Å². The van der Waals surface area contributed by atoms with Crippen LogP contribution in [-0.2, 0) is 6.54 Å². The predicted molar refractivity (Wildman–Crippen MR) is 106 cm³/mol. The van der Waals surface area contributed by atoms with Gasteiger partial charge in [-0.2, -0.15) is 5.10 Å². The molecule has 23 heavy (non-hydrogen) atoms. The van der Waals surface area contributed by atoms with Crippen LogP contribution in [0.2, 0.25) is 0 Å². The van der Waals surface area contributed by atoms with Gasteiger partial charge in [-0.05, 0) is 44.3 Å². The van der Waals surface area contributed by atoms with Crippen LogP contribution in [0.4, 0.5) is 0 Å². The molecular weight excluding hydrogens is 403 g/mol. The lowest BCUT2D eigenvalue weighted by molar-refractivity contribution is 0.195. The first-order valence-corrected chi connectivity index (χ1v) is 8.42. The first kappa shape index (κ1) is 20.2. The third kappa shape index (κ3) is 8.01. The summed E-state index contributed by atoms with van der Waals surface area (Å²) in [5.41, 5.74) is 0. The van der Waals surface area contributed by atoms with Crippen LogP contribution in [0, 0.1) is 5.92 Å². The fraction of sp³-hybridized carbons (Fsp3) is 0.750. The molecule has 1 aliphatic heterocycles. The number of halogens is 1. The number of aliphatic imine (C=N–C) groups is 1. The molecule has 0 aliphatic carbocycles. The van der Waals surface area contributed by atoms with Crippen molar-refractivity contribution in [3.8, 4) is 0 Å². The quantitative estimate of drug-likeness (QED) is 0.298. The summed E-state index contributed by atoms with van der Waals surface area (Å²) in [4.78, 5) is 6.81. The van der Waals surface area contributed by atoms with Crippen LogP contribution in [0.3, 0.4) is 0 Å². The predicted octanol–water partition coefficient (Wildman–Crippen LogP) is 1.79. The number of nitrogens with one attached hydrogen (secondary N) is 2. The lowest BCUT2D eigenvalue weighted by atomic mass is 9.99. The maximum absolute atomic E-state index is 4.27. The number of aryl methyl sites for hydroxylation is 1. The summed E-state index contributed by atoms with van der Waals surface area (Å²) < 4.78 is 1.95. The average molecular weight is 434 g/mol. The average Bonchev–Trinajstić information content (AvgIpc) is 3.05. The van der Waals surface area contributed by atoms with Crippen LogP contribution in [-0.4, -0.2) is 60.4 Å². The summed E-state index contributed by atoms with van der Waals surface area (Å²) in [7, 11) is 1.82. The van der Waals surface area contributed by atoms with Gasteiger partial charge in [-0.15, -0.1) is 24.0 Å². The van der Waals surface area contributed by atoms with Gasteiger partial charge in [-0.1, -0.05) is 6.92 Å². The van der Waals surface area contributed by atoms with Gasteiger partial charge in [0.25, 0.3) is 0 Å². The third-order valence-electron chi connectivity index (χ3n) is 4.24. The molecule has 2 N–H and O–H groups in total. The van der Waals surface area contributed by atoms with Gasteiger partial charge in [0.2, 0.25) is 0 Å². The molecule has 1 aromatic rings. The fourth-order valence-corrected chi connectivity index (χ4v) is 2.72. The van der Waals surface area contributed by atoms with E-state index in [1.807, 2.05) is 30.2 Å². The number of nitrogens with zero attached hydrogens (tertiary/aromatic N) is 4. The van der Waals surface area contributed by atoms with Crippen molar-refractivity contribution >= 4 is 29.9 Å². The molecule has 0 aromatic carbocycles. The van der Waals surface area contributed by atoms with Crippen molar-refractivity contribution < 1.29 is 0 Å². The number of guanidine groups is 1. The highest BCUT2D eigenvalue weighted by molar-refractivity contribution is 14.0. The van der Waals surface area contributed by atoms with Crippen molar-refractivity contribution in [3.05, 3.63) is 18.5 Å². The number of aromatic nitrogens is 2. The van der Waals surface area contributed by atoms with Crippen molar-refractivity contribution in [1.29, 1.82) is 0 Å². The van der Waals surface area contributed by atoms with Crippen LogP contribution < -0.4 is 10.6 Å². The van der Waals surface area contributed by atoms with Gasteiger partial charge in [-0.25, -0.2) is 0 Å². The Labute approximate surface area is 157 Å². The molecule has 132 valence electrons. The molecule has 0 amide bonds. The number of hydrogen-bond donors (Lipinski definition) is 2. The van der Waals surface area contributed by atoms with Gasteiger partial charge in [0.1, 0.15) is 0 Å². The molecular formula is C16H31IN6. The minimum absolute atomic E-state index is 0. The summed E-state index contributed by atoms with van der Waals surface area (Å²) in [5.74, 6) is 1.79. The van der Waals surface area contributed by atoms with E-state index in [0.717, 1.165) is 44.5 Å². The topological polar surface area (TPSA) is 57.5 Å². The largest absolute Gasteiger partial charge is 0.356 e. The van der Waals surface area contributed by atoms with Crippen LogP contribution in [0.1, 0.15) is 26.2 Å². The molecule has 1 aliphatic rings. The summed E-state index contributed by atoms with van der Waals surface area (Å²) >= 11 is 0. The molecule has 0 saturated carbocycles. The highest BCUT2D eigenvalue weighted by Crippen LogP contribution is 2.14. The van der Waals surface area contributed by atoms with Gasteiger partial charge < -0.3 is 15.5 Å². The van der Waals surface area contributed by atoms with Gasteiger partial charge in [-0.3, -0.25) is 9.67 Å². The molecule has 6 nitrogen and oxygen atoms in total. The second kappa shape index (κ2) is 11.7. The van der Waals surface area contributed by atoms with Crippen molar-refractivity contribution in [1.82, 2.24) is 25.3 Å². The zero-order chi connectivity index (χ0) is 15.6. The van der Waals surface area contributed by atoms with E-state index in [1.54, 1.807) is 0 Å². The zero-order valence-corrected chi connectivity index (χ0v) is 16.7. The normalized spacial score (nSPS) is 16.9. The van der Waals surface area contributed by atoms with E-state index in [9.17, 15) is 0 Å². The number of hydrogen-bond acceptors (Lipinski definition) is 3. The van der Waals surface area contributed by atoms with E-state index >= 15 is 0 Å². The third-order valence-corrected chi connectivity index (χ3v) is 4.24.